The molecule has 2 aromatic rings. The molecule has 0 aliphatic carbocycles. The lowest BCUT2D eigenvalue weighted by molar-refractivity contribution is -0.130. The zero-order valence-corrected chi connectivity index (χ0v) is 21.0. The molecule has 33 heavy (non-hydrogen) atoms. The van der Waals surface area contributed by atoms with Gasteiger partial charge in [-0.1, -0.05) is 32.4 Å². The number of hydrogen-bond donors (Lipinski definition) is 2. The average molecular weight is 516 g/mol. The van der Waals surface area contributed by atoms with Crippen LogP contribution in [0.2, 0.25) is 10.3 Å². The van der Waals surface area contributed by atoms with Gasteiger partial charge in [0.1, 0.15) is 10.6 Å². The van der Waals surface area contributed by atoms with Crippen LogP contribution in [-0.2, 0) is 20.2 Å². The number of aromatic nitrogens is 2. The highest BCUT2D eigenvalue weighted by Gasteiger charge is 2.31. The van der Waals surface area contributed by atoms with Gasteiger partial charge in [0.2, 0.25) is 21.2 Å². The van der Waals surface area contributed by atoms with Gasteiger partial charge in [-0.3, -0.25) is 4.79 Å². The molecule has 0 atom stereocenters. The Morgan fingerprint density at radius 3 is 2.33 bits per heavy atom. The van der Waals surface area contributed by atoms with E-state index in [-0.39, 0.29) is 60.0 Å². The molecule has 1 aromatic carbocycles. The molecule has 0 bridgehead atoms. The molecular formula is C21H27Cl2N5O4S. The molecule has 1 saturated heterocycles. The average Bonchev–Trinajstić information content (AvgIpc) is 2.78. The summed E-state index contributed by atoms with van der Waals surface area (Å²) in [5.74, 6) is -0.239. The van der Waals surface area contributed by atoms with Crippen LogP contribution in [0.25, 0.3) is 0 Å². The van der Waals surface area contributed by atoms with Gasteiger partial charge >= 0.3 is 0 Å². The minimum Gasteiger partial charge on any atom is -0.506 e. The highest BCUT2D eigenvalue weighted by Crippen LogP contribution is 2.38. The number of carbonyl (C=O) groups excluding carboxylic acids is 1. The Morgan fingerprint density at radius 1 is 1.15 bits per heavy atom. The Kier molecular flexibility index (Phi) is 7.73. The molecule has 1 amide bonds. The molecule has 1 aliphatic rings. The maximum absolute atomic E-state index is 12.7. The minimum atomic E-state index is -3.76. The van der Waals surface area contributed by atoms with E-state index in [0.717, 1.165) is 12.0 Å². The number of sulfonamides is 1. The lowest BCUT2D eigenvalue weighted by Crippen LogP contribution is -2.51. The van der Waals surface area contributed by atoms with Crippen molar-refractivity contribution in [1.29, 1.82) is 0 Å². The number of halogens is 2. The number of nitrogens with one attached hydrogen (secondary N) is 1. The van der Waals surface area contributed by atoms with Crippen LogP contribution in [0.15, 0.2) is 29.4 Å². The molecule has 9 nitrogen and oxygen atoms in total. The molecule has 1 aliphatic heterocycles. The van der Waals surface area contributed by atoms with E-state index in [1.54, 1.807) is 11.0 Å². The number of carbonyl (C=O) groups is 1. The van der Waals surface area contributed by atoms with Gasteiger partial charge in [0.25, 0.3) is 0 Å². The predicted octanol–water partition coefficient (Wildman–Crippen LogP) is 3.12. The fraction of sp³-hybridized carbons (Fsp3) is 0.476. The highest BCUT2D eigenvalue weighted by molar-refractivity contribution is 7.89. The van der Waals surface area contributed by atoms with Gasteiger partial charge in [0, 0.05) is 37.3 Å². The van der Waals surface area contributed by atoms with Crippen molar-refractivity contribution in [3.8, 4) is 5.75 Å². The molecule has 0 unspecified atom stereocenters. The second-order valence-corrected chi connectivity index (χ2v) is 11.1. The summed E-state index contributed by atoms with van der Waals surface area (Å²) < 4.78 is 26.8. The zero-order chi connectivity index (χ0) is 24.4. The summed E-state index contributed by atoms with van der Waals surface area (Å²) in [6.45, 7) is 6.92. The summed E-state index contributed by atoms with van der Waals surface area (Å²) in [7, 11) is -3.76. The number of phenols is 1. The largest absolute Gasteiger partial charge is 0.506 e. The summed E-state index contributed by atoms with van der Waals surface area (Å²) in [5.41, 5.74) is 1.11. The molecule has 12 heteroatoms. The number of hydrogen-bond acceptors (Lipinski definition) is 7. The van der Waals surface area contributed by atoms with Crippen LogP contribution in [0.3, 0.4) is 0 Å². The van der Waals surface area contributed by atoms with Crippen molar-refractivity contribution in [2.75, 3.05) is 38.0 Å². The lowest BCUT2D eigenvalue weighted by atomic mass is 9.82. The van der Waals surface area contributed by atoms with E-state index in [1.165, 1.54) is 22.8 Å². The normalized spacial score (nSPS) is 15.5. The van der Waals surface area contributed by atoms with Gasteiger partial charge in [0.05, 0.1) is 24.6 Å². The first-order chi connectivity index (χ1) is 15.5. The van der Waals surface area contributed by atoms with Crippen LogP contribution >= 0.6 is 23.2 Å². The topological polar surface area (TPSA) is 116 Å². The van der Waals surface area contributed by atoms with Gasteiger partial charge in [-0.2, -0.15) is 4.31 Å². The molecular weight excluding hydrogens is 489 g/mol. The van der Waals surface area contributed by atoms with E-state index in [4.69, 9.17) is 23.2 Å². The smallest absolute Gasteiger partial charge is 0.246 e. The lowest BCUT2D eigenvalue weighted by Gasteiger charge is -2.34. The highest BCUT2D eigenvalue weighted by atomic mass is 35.5. The quantitative estimate of drug-likeness (QED) is 0.429. The van der Waals surface area contributed by atoms with Crippen LogP contribution < -0.4 is 5.32 Å². The Morgan fingerprint density at radius 2 is 1.76 bits per heavy atom. The number of rotatable bonds is 7. The first kappa shape index (κ1) is 25.5. The van der Waals surface area contributed by atoms with Gasteiger partial charge in [-0.15, -0.1) is 0 Å². The first-order valence-electron chi connectivity index (χ1n) is 10.5. The standard InChI is InChI=1S/C21H27Cl2N5O4S/c1-4-21(2,3)15-9-17(18(29)10-16(15)22)24-13-19(30)27-5-7-28(8-6-27)33(31,32)14-11-25-20(23)26-12-14/h9-12,24,29H,4-8,13H2,1-3H3. The van der Waals surface area contributed by atoms with Crippen molar-refractivity contribution in [3.05, 3.63) is 40.4 Å². The van der Waals surface area contributed by atoms with Crippen LogP contribution in [0.5, 0.6) is 5.75 Å². The van der Waals surface area contributed by atoms with Gasteiger partial charge in [0.15, 0.2) is 0 Å². The summed E-state index contributed by atoms with van der Waals surface area (Å²) in [6.07, 6.45) is 3.18. The number of nitrogens with zero attached hydrogens (tertiary/aromatic N) is 4. The van der Waals surface area contributed by atoms with E-state index in [2.05, 4.69) is 36.1 Å². The molecule has 2 N–H and O–H groups in total. The van der Waals surface area contributed by atoms with E-state index in [0.29, 0.717) is 10.7 Å². The number of phenolic OH excluding ortho intramolecular Hbond substituents is 1. The number of amides is 1. The second-order valence-electron chi connectivity index (χ2n) is 8.41. The summed E-state index contributed by atoms with van der Waals surface area (Å²) in [6, 6.07) is 3.25. The molecule has 1 aromatic heterocycles. The monoisotopic (exact) mass is 515 g/mol. The van der Waals surface area contributed by atoms with Gasteiger partial charge < -0.3 is 15.3 Å². The molecule has 3 rings (SSSR count). The van der Waals surface area contributed by atoms with Crippen molar-refractivity contribution >= 4 is 44.8 Å². The minimum absolute atomic E-state index is 0.0334. The molecule has 2 heterocycles. The third-order valence-electron chi connectivity index (χ3n) is 5.95. The predicted molar refractivity (Wildman–Crippen MR) is 127 cm³/mol. The fourth-order valence-corrected chi connectivity index (χ4v) is 5.28. The summed E-state index contributed by atoms with van der Waals surface area (Å²) in [5, 5.41) is 13.7. The van der Waals surface area contributed by atoms with Crippen LogP contribution in [-0.4, -0.2) is 71.3 Å². The molecule has 180 valence electrons. The number of anilines is 1. The fourth-order valence-electron chi connectivity index (χ4n) is 3.46. The molecule has 0 saturated carbocycles. The van der Waals surface area contributed by atoms with Crippen LogP contribution in [0.4, 0.5) is 5.69 Å². The Bertz CT molecular complexity index is 1120. The number of benzene rings is 1. The van der Waals surface area contributed by atoms with Crippen molar-refractivity contribution < 1.29 is 18.3 Å². The summed E-state index contributed by atoms with van der Waals surface area (Å²) >= 11 is 11.9. The maximum atomic E-state index is 12.7. The Balaban J connectivity index is 1.61. The Labute approximate surface area is 203 Å². The SMILES string of the molecule is CCC(C)(C)c1cc(NCC(=O)N2CCN(S(=O)(=O)c3cnc(Cl)nc3)CC2)c(O)cc1Cl. The molecule has 0 spiro atoms. The zero-order valence-electron chi connectivity index (χ0n) is 18.7. The maximum Gasteiger partial charge on any atom is 0.246 e. The van der Waals surface area contributed by atoms with Gasteiger partial charge in [-0.25, -0.2) is 18.4 Å². The summed E-state index contributed by atoms with van der Waals surface area (Å²) in [4.78, 5) is 21.7. The van der Waals surface area contributed by atoms with Crippen molar-refractivity contribution in [2.24, 2.45) is 0 Å². The Hall–Kier alpha value is -2.14. The van der Waals surface area contributed by atoms with Crippen LogP contribution in [0, 0.1) is 0 Å². The van der Waals surface area contributed by atoms with Crippen molar-refractivity contribution in [2.45, 2.75) is 37.5 Å². The number of piperazine rings is 1. The van der Waals surface area contributed by atoms with Gasteiger partial charge in [-0.05, 0) is 35.1 Å². The number of aromatic hydroxyl groups is 1. The van der Waals surface area contributed by atoms with E-state index in [9.17, 15) is 18.3 Å². The van der Waals surface area contributed by atoms with Crippen LogP contribution in [0.1, 0.15) is 32.8 Å². The third kappa shape index (κ3) is 5.68. The molecule has 0 radical (unpaired) electrons. The van der Waals surface area contributed by atoms with E-state index >= 15 is 0 Å². The first-order valence-corrected chi connectivity index (χ1v) is 12.7. The van der Waals surface area contributed by atoms with E-state index in [1.807, 2.05) is 0 Å². The van der Waals surface area contributed by atoms with Crippen molar-refractivity contribution in [3.63, 3.8) is 0 Å². The third-order valence-corrected chi connectivity index (χ3v) is 8.31. The second kappa shape index (κ2) is 10.0. The molecule has 1 fully saturated rings. The van der Waals surface area contributed by atoms with E-state index < -0.39 is 10.0 Å². The van der Waals surface area contributed by atoms with Crippen molar-refractivity contribution in [1.82, 2.24) is 19.2 Å².